The molecular formula is C16H24O. The molecule has 0 spiro atoms. The molecule has 0 saturated heterocycles. The molecule has 0 aliphatic heterocycles. The normalized spacial score (nSPS) is 29.2. The van der Waals surface area contributed by atoms with Crippen LogP contribution in [0, 0.1) is 5.92 Å². The lowest BCUT2D eigenvalue weighted by Gasteiger charge is -2.36. The van der Waals surface area contributed by atoms with E-state index in [0.29, 0.717) is 0 Å². The van der Waals surface area contributed by atoms with Crippen LogP contribution in [0.5, 0.6) is 0 Å². The Bertz CT molecular complexity index is 323. The average Bonchev–Trinajstić information content (AvgIpc) is 2.39. The molecule has 1 aromatic rings. The molecule has 1 aliphatic rings. The first kappa shape index (κ1) is 12.6. The summed E-state index contributed by atoms with van der Waals surface area (Å²) >= 11 is 0. The Morgan fingerprint density at radius 2 is 1.82 bits per heavy atom. The highest BCUT2D eigenvalue weighted by Crippen LogP contribution is 2.40. The van der Waals surface area contributed by atoms with Crippen LogP contribution < -0.4 is 0 Å². The van der Waals surface area contributed by atoms with Crippen molar-refractivity contribution in [2.45, 2.75) is 57.5 Å². The summed E-state index contributed by atoms with van der Waals surface area (Å²) in [4.78, 5) is 0. The molecule has 0 radical (unpaired) electrons. The molecular weight excluding hydrogens is 208 g/mol. The maximum atomic E-state index is 10.7. The number of aliphatic hydroxyl groups is 1. The second-order valence-electron chi connectivity index (χ2n) is 5.48. The van der Waals surface area contributed by atoms with E-state index in [4.69, 9.17) is 0 Å². The van der Waals surface area contributed by atoms with Crippen molar-refractivity contribution in [1.29, 1.82) is 0 Å². The molecule has 1 fully saturated rings. The first-order valence-corrected chi connectivity index (χ1v) is 7.02. The van der Waals surface area contributed by atoms with Crippen molar-refractivity contribution in [1.82, 2.24) is 0 Å². The standard InChI is InChI=1S/C16H24O/c1-2-3-7-14-10-12-16(17,13-11-14)15-8-5-4-6-9-15/h4-6,8-9,14,17H,2-3,7,10-13H2,1H3/t14-,16-. The maximum absolute atomic E-state index is 10.7. The van der Waals surface area contributed by atoms with Gasteiger partial charge in [0, 0.05) is 0 Å². The van der Waals surface area contributed by atoms with Gasteiger partial charge in [-0.25, -0.2) is 0 Å². The van der Waals surface area contributed by atoms with E-state index in [0.717, 1.165) is 24.3 Å². The Labute approximate surface area is 105 Å². The Morgan fingerprint density at radius 1 is 1.18 bits per heavy atom. The van der Waals surface area contributed by atoms with E-state index < -0.39 is 5.60 Å². The van der Waals surface area contributed by atoms with Crippen molar-refractivity contribution < 1.29 is 5.11 Å². The SMILES string of the molecule is CCCC[C@H]1CC[C@@](O)(c2ccccc2)CC1. The number of benzene rings is 1. The highest BCUT2D eigenvalue weighted by atomic mass is 16.3. The molecule has 2 rings (SSSR count). The van der Waals surface area contributed by atoms with Gasteiger partial charge in [0.2, 0.25) is 0 Å². The minimum Gasteiger partial charge on any atom is -0.385 e. The molecule has 1 heteroatoms. The smallest absolute Gasteiger partial charge is 0.0896 e. The molecule has 0 unspecified atom stereocenters. The van der Waals surface area contributed by atoms with E-state index in [1.165, 1.54) is 32.1 Å². The highest BCUT2D eigenvalue weighted by molar-refractivity contribution is 5.22. The zero-order valence-electron chi connectivity index (χ0n) is 10.9. The third-order valence-corrected chi connectivity index (χ3v) is 4.21. The van der Waals surface area contributed by atoms with E-state index in [-0.39, 0.29) is 0 Å². The summed E-state index contributed by atoms with van der Waals surface area (Å²) < 4.78 is 0. The monoisotopic (exact) mass is 232 g/mol. The predicted octanol–water partition coefficient (Wildman–Crippen LogP) is 4.25. The van der Waals surface area contributed by atoms with Gasteiger partial charge in [0.25, 0.3) is 0 Å². The molecule has 1 saturated carbocycles. The van der Waals surface area contributed by atoms with Crippen molar-refractivity contribution in [3.05, 3.63) is 35.9 Å². The van der Waals surface area contributed by atoms with Crippen LogP contribution in [-0.2, 0) is 5.60 Å². The Hall–Kier alpha value is -0.820. The summed E-state index contributed by atoms with van der Waals surface area (Å²) in [6.45, 7) is 2.25. The molecule has 0 aromatic heterocycles. The summed E-state index contributed by atoms with van der Waals surface area (Å²) in [6, 6.07) is 10.2. The van der Waals surface area contributed by atoms with Gasteiger partial charge < -0.3 is 5.11 Å². The average molecular weight is 232 g/mol. The lowest BCUT2D eigenvalue weighted by molar-refractivity contribution is -0.0153. The Kier molecular flexibility index (Phi) is 4.22. The maximum Gasteiger partial charge on any atom is 0.0896 e. The van der Waals surface area contributed by atoms with Crippen LogP contribution >= 0.6 is 0 Å². The van der Waals surface area contributed by atoms with Gasteiger partial charge in [0.05, 0.1) is 5.60 Å². The molecule has 0 heterocycles. The molecule has 0 atom stereocenters. The number of hydrogen-bond donors (Lipinski definition) is 1. The lowest BCUT2D eigenvalue weighted by atomic mass is 9.74. The second kappa shape index (κ2) is 5.68. The minimum absolute atomic E-state index is 0.552. The van der Waals surface area contributed by atoms with Gasteiger partial charge in [-0.15, -0.1) is 0 Å². The third-order valence-electron chi connectivity index (χ3n) is 4.21. The van der Waals surface area contributed by atoms with Crippen LogP contribution in [0.3, 0.4) is 0 Å². The quantitative estimate of drug-likeness (QED) is 0.822. The molecule has 0 bridgehead atoms. The first-order valence-electron chi connectivity index (χ1n) is 7.02. The molecule has 1 aliphatic carbocycles. The number of unbranched alkanes of at least 4 members (excludes halogenated alkanes) is 1. The van der Waals surface area contributed by atoms with Gasteiger partial charge in [-0.1, -0.05) is 56.5 Å². The summed E-state index contributed by atoms with van der Waals surface area (Å²) in [5.41, 5.74) is 0.554. The lowest BCUT2D eigenvalue weighted by Crippen LogP contribution is -2.31. The van der Waals surface area contributed by atoms with Crippen molar-refractivity contribution in [2.75, 3.05) is 0 Å². The summed E-state index contributed by atoms with van der Waals surface area (Å²) in [7, 11) is 0. The van der Waals surface area contributed by atoms with Crippen molar-refractivity contribution in [3.8, 4) is 0 Å². The third kappa shape index (κ3) is 3.10. The van der Waals surface area contributed by atoms with Gasteiger partial charge >= 0.3 is 0 Å². The first-order chi connectivity index (χ1) is 8.24. The molecule has 1 N–H and O–H groups in total. The fourth-order valence-electron chi connectivity index (χ4n) is 2.97. The Balaban J connectivity index is 1.93. The topological polar surface area (TPSA) is 20.2 Å². The zero-order chi connectivity index (χ0) is 12.1. The Morgan fingerprint density at radius 3 is 2.41 bits per heavy atom. The van der Waals surface area contributed by atoms with Crippen LogP contribution in [0.1, 0.15) is 57.4 Å². The summed E-state index contributed by atoms with van der Waals surface area (Å²) in [5, 5.41) is 10.7. The van der Waals surface area contributed by atoms with Crippen LogP contribution in [-0.4, -0.2) is 5.11 Å². The van der Waals surface area contributed by atoms with E-state index in [1.54, 1.807) is 0 Å². The van der Waals surface area contributed by atoms with E-state index >= 15 is 0 Å². The van der Waals surface area contributed by atoms with Gasteiger partial charge in [0.15, 0.2) is 0 Å². The second-order valence-corrected chi connectivity index (χ2v) is 5.48. The van der Waals surface area contributed by atoms with Crippen molar-refractivity contribution in [3.63, 3.8) is 0 Å². The molecule has 1 aromatic carbocycles. The highest BCUT2D eigenvalue weighted by Gasteiger charge is 2.34. The van der Waals surface area contributed by atoms with Crippen LogP contribution in [0.15, 0.2) is 30.3 Å². The van der Waals surface area contributed by atoms with Gasteiger partial charge in [-0.3, -0.25) is 0 Å². The van der Waals surface area contributed by atoms with Gasteiger partial charge in [-0.05, 0) is 37.2 Å². The van der Waals surface area contributed by atoms with E-state index in [9.17, 15) is 5.11 Å². The van der Waals surface area contributed by atoms with Gasteiger partial charge in [-0.2, -0.15) is 0 Å². The number of hydrogen-bond acceptors (Lipinski definition) is 1. The fraction of sp³-hybridized carbons (Fsp3) is 0.625. The molecule has 17 heavy (non-hydrogen) atoms. The number of rotatable bonds is 4. The largest absolute Gasteiger partial charge is 0.385 e. The van der Waals surface area contributed by atoms with Crippen molar-refractivity contribution >= 4 is 0 Å². The fourth-order valence-corrected chi connectivity index (χ4v) is 2.97. The molecule has 1 nitrogen and oxygen atoms in total. The van der Waals surface area contributed by atoms with Crippen LogP contribution in [0.4, 0.5) is 0 Å². The van der Waals surface area contributed by atoms with Crippen LogP contribution in [0.25, 0.3) is 0 Å². The minimum atomic E-state index is -0.552. The summed E-state index contributed by atoms with van der Waals surface area (Å²) in [5.74, 6) is 0.846. The molecule has 94 valence electrons. The zero-order valence-corrected chi connectivity index (χ0v) is 10.9. The molecule has 0 amide bonds. The van der Waals surface area contributed by atoms with Crippen LogP contribution in [0.2, 0.25) is 0 Å². The predicted molar refractivity (Wildman–Crippen MR) is 71.8 cm³/mol. The van der Waals surface area contributed by atoms with Crippen molar-refractivity contribution in [2.24, 2.45) is 5.92 Å². The van der Waals surface area contributed by atoms with E-state index in [1.807, 2.05) is 18.2 Å². The van der Waals surface area contributed by atoms with E-state index in [2.05, 4.69) is 19.1 Å². The van der Waals surface area contributed by atoms with Gasteiger partial charge in [0.1, 0.15) is 0 Å². The summed E-state index contributed by atoms with van der Waals surface area (Å²) in [6.07, 6.45) is 8.23.